The molecule has 2 aromatic rings. The van der Waals surface area contributed by atoms with Crippen LogP contribution >= 0.6 is 11.3 Å². The molecule has 96 valence electrons. The Kier molecular flexibility index (Phi) is 3.24. The first-order valence-corrected chi connectivity index (χ1v) is 7.15. The third-order valence-corrected chi connectivity index (χ3v) is 4.61. The van der Waals surface area contributed by atoms with E-state index in [9.17, 15) is 5.11 Å². The lowest BCUT2D eigenvalue weighted by Gasteiger charge is -2.31. The number of likely N-dealkylation sites (N-methyl/N-ethyl adjacent to an activating group) is 1. The molecule has 1 N–H and O–H groups in total. The molecule has 3 nitrogen and oxygen atoms in total. The minimum atomic E-state index is 0.357. The van der Waals surface area contributed by atoms with E-state index in [0.29, 0.717) is 5.75 Å². The molecule has 1 fully saturated rings. The van der Waals surface area contributed by atoms with Crippen LogP contribution in [0.2, 0.25) is 0 Å². The minimum Gasteiger partial charge on any atom is -0.508 e. The topological polar surface area (TPSA) is 26.7 Å². The van der Waals surface area contributed by atoms with Crippen molar-refractivity contribution < 1.29 is 5.11 Å². The first-order chi connectivity index (χ1) is 8.70. The van der Waals surface area contributed by atoms with E-state index in [-0.39, 0.29) is 0 Å². The summed E-state index contributed by atoms with van der Waals surface area (Å²) in [5.41, 5.74) is 0. The lowest BCUT2D eigenvalue weighted by Crippen LogP contribution is -2.43. The number of benzene rings is 1. The van der Waals surface area contributed by atoms with Crippen LogP contribution in [0.5, 0.6) is 5.75 Å². The molecule has 2 heterocycles. The second-order valence-electron chi connectivity index (χ2n) is 5.01. The monoisotopic (exact) mass is 262 g/mol. The fourth-order valence-electron chi connectivity index (χ4n) is 2.38. The summed E-state index contributed by atoms with van der Waals surface area (Å²) in [6.07, 6.45) is 0. The van der Waals surface area contributed by atoms with Crippen LogP contribution in [-0.2, 0) is 6.54 Å². The molecule has 0 radical (unpaired) electrons. The number of thiophene rings is 1. The fraction of sp³-hybridized carbons (Fsp3) is 0.429. The van der Waals surface area contributed by atoms with E-state index in [4.69, 9.17) is 0 Å². The van der Waals surface area contributed by atoms with Gasteiger partial charge in [-0.3, -0.25) is 4.90 Å². The van der Waals surface area contributed by atoms with Gasteiger partial charge in [0, 0.05) is 42.3 Å². The zero-order valence-electron chi connectivity index (χ0n) is 10.6. The lowest BCUT2D eigenvalue weighted by molar-refractivity contribution is 0.149. The molecule has 1 aliphatic rings. The van der Waals surface area contributed by atoms with Crippen molar-refractivity contribution in [2.45, 2.75) is 6.54 Å². The highest BCUT2D eigenvalue weighted by Crippen LogP contribution is 2.29. The van der Waals surface area contributed by atoms with Gasteiger partial charge in [-0.25, -0.2) is 0 Å². The van der Waals surface area contributed by atoms with Gasteiger partial charge in [-0.15, -0.1) is 11.3 Å². The molecule has 0 amide bonds. The summed E-state index contributed by atoms with van der Waals surface area (Å²) in [4.78, 5) is 6.27. The van der Waals surface area contributed by atoms with E-state index in [2.05, 4.69) is 22.9 Å². The first-order valence-electron chi connectivity index (χ1n) is 6.33. The maximum Gasteiger partial charge on any atom is 0.117 e. The third-order valence-electron chi connectivity index (χ3n) is 3.53. The molecule has 0 atom stereocenters. The predicted molar refractivity (Wildman–Crippen MR) is 76.3 cm³/mol. The molecule has 0 bridgehead atoms. The summed E-state index contributed by atoms with van der Waals surface area (Å²) in [5, 5.41) is 10.7. The van der Waals surface area contributed by atoms with Crippen LogP contribution in [-0.4, -0.2) is 48.1 Å². The van der Waals surface area contributed by atoms with Crippen molar-refractivity contribution in [2.24, 2.45) is 0 Å². The van der Waals surface area contributed by atoms with Crippen molar-refractivity contribution in [3.63, 3.8) is 0 Å². The Balaban J connectivity index is 1.74. The Labute approximate surface area is 111 Å². The Morgan fingerprint density at radius 3 is 2.72 bits per heavy atom. The molecule has 4 heteroatoms. The number of aromatic hydroxyl groups is 1. The standard InChI is InChI=1S/C14H18N2OS/c1-15-4-6-16(7-5-15)10-13-8-11-2-3-12(17)9-14(11)18-13/h2-3,8-9,17H,4-7,10H2,1H3. The fourth-order valence-corrected chi connectivity index (χ4v) is 3.52. The maximum absolute atomic E-state index is 9.48. The second kappa shape index (κ2) is 4.88. The van der Waals surface area contributed by atoms with Gasteiger partial charge in [0.05, 0.1) is 0 Å². The summed E-state index contributed by atoms with van der Waals surface area (Å²) in [5.74, 6) is 0.357. The predicted octanol–water partition coefficient (Wildman–Crippen LogP) is 2.35. The first kappa shape index (κ1) is 12.0. The number of nitrogens with zero attached hydrogens (tertiary/aromatic N) is 2. The molecule has 1 aliphatic heterocycles. The van der Waals surface area contributed by atoms with Gasteiger partial charge >= 0.3 is 0 Å². The Bertz CT molecular complexity index is 544. The number of hydrogen-bond acceptors (Lipinski definition) is 4. The Morgan fingerprint density at radius 2 is 1.94 bits per heavy atom. The normalized spacial score (nSPS) is 18.5. The minimum absolute atomic E-state index is 0.357. The average Bonchev–Trinajstić information content (AvgIpc) is 2.73. The third kappa shape index (κ3) is 2.51. The second-order valence-corrected chi connectivity index (χ2v) is 6.18. The van der Waals surface area contributed by atoms with Crippen LogP contribution in [0.3, 0.4) is 0 Å². The van der Waals surface area contributed by atoms with Crippen LogP contribution < -0.4 is 0 Å². The molecule has 0 saturated carbocycles. The molecule has 1 aromatic carbocycles. The molecule has 3 rings (SSSR count). The quantitative estimate of drug-likeness (QED) is 0.900. The van der Waals surface area contributed by atoms with Crippen LogP contribution in [0, 0.1) is 0 Å². The molecule has 1 aromatic heterocycles. The smallest absolute Gasteiger partial charge is 0.117 e. The maximum atomic E-state index is 9.48. The molecular formula is C14H18N2OS. The van der Waals surface area contributed by atoms with Gasteiger partial charge in [-0.2, -0.15) is 0 Å². The van der Waals surface area contributed by atoms with E-state index in [1.807, 2.05) is 12.1 Å². The van der Waals surface area contributed by atoms with Crippen LogP contribution in [0.1, 0.15) is 4.88 Å². The van der Waals surface area contributed by atoms with Gasteiger partial charge < -0.3 is 10.0 Å². The highest BCUT2D eigenvalue weighted by Gasteiger charge is 2.14. The molecular weight excluding hydrogens is 244 g/mol. The summed E-state index contributed by atoms with van der Waals surface area (Å²) in [7, 11) is 2.18. The van der Waals surface area contributed by atoms with Gasteiger partial charge in [0.1, 0.15) is 5.75 Å². The van der Waals surface area contributed by atoms with Crippen molar-refractivity contribution >= 4 is 21.4 Å². The van der Waals surface area contributed by atoms with Gasteiger partial charge in [-0.05, 0) is 36.7 Å². The number of phenolic OH excluding ortho intramolecular Hbond substituents is 1. The van der Waals surface area contributed by atoms with E-state index >= 15 is 0 Å². The Hall–Kier alpha value is -1.10. The molecule has 1 saturated heterocycles. The molecule has 18 heavy (non-hydrogen) atoms. The summed E-state index contributed by atoms with van der Waals surface area (Å²) in [6, 6.07) is 7.86. The highest BCUT2D eigenvalue weighted by molar-refractivity contribution is 7.19. The van der Waals surface area contributed by atoms with E-state index < -0.39 is 0 Å². The summed E-state index contributed by atoms with van der Waals surface area (Å²) < 4.78 is 1.18. The molecule has 0 aliphatic carbocycles. The van der Waals surface area contributed by atoms with Gasteiger partial charge in [-0.1, -0.05) is 0 Å². The van der Waals surface area contributed by atoms with Crippen LogP contribution in [0.25, 0.3) is 10.1 Å². The zero-order valence-corrected chi connectivity index (χ0v) is 11.4. The number of rotatable bonds is 2. The molecule has 0 spiro atoms. The average molecular weight is 262 g/mol. The van der Waals surface area contributed by atoms with E-state index in [1.54, 1.807) is 17.4 Å². The SMILES string of the molecule is CN1CCN(Cc2cc3ccc(O)cc3s2)CC1. The number of fused-ring (bicyclic) bond motifs is 1. The van der Waals surface area contributed by atoms with E-state index in [0.717, 1.165) is 32.7 Å². The van der Waals surface area contributed by atoms with Gasteiger partial charge in [0.15, 0.2) is 0 Å². The summed E-state index contributed by atoms with van der Waals surface area (Å²) in [6.45, 7) is 5.65. The van der Waals surface area contributed by atoms with E-state index in [1.165, 1.54) is 15.0 Å². The molecule has 0 unspecified atom stereocenters. The van der Waals surface area contributed by atoms with Crippen molar-refractivity contribution in [1.82, 2.24) is 9.80 Å². The van der Waals surface area contributed by atoms with Gasteiger partial charge in [0.25, 0.3) is 0 Å². The van der Waals surface area contributed by atoms with Crippen molar-refractivity contribution in [2.75, 3.05) is 33.2 Å². The van der Waals surface area contributed by atoms with Crippen molar-refractivity contribution in [3.05, 3.63) is 29.1 Å². The van der Waals surface area contributed by atoms with Crippen molar-refractivity contribution in [3.8, 4) is 5.75 Å². The number of phenols is 1. The van der Waals surface area contributed by atoms with Crippen LogP contribution in [0.4, 0.5) is 0 Å². The largest absolute Gasteiger partial charge is 0.508 e. The number of piperazine rings is 1. The zero-order chi connectivity index (χ0) is 12.5. The van der Waals surface area contributed by atoms with Crippen LogP contribution in [0.15, 0.2) is 24.3 Å². The number of hydrogen-bond donors (Lipinski definition) is 1. The summed E-state index contributed by atoms with van der Waals surface area (Å²) >= 11 is 1.79. The van der Waals surface area contributed by atoms with Crippen molar-refractivity contribution in [1.29, 1.82) is 0 Å². The van der Waals surface area contributed by atoms with Gasteiger partial charge in [0.2, 0.25) is 0 Å². The Morgan fingerprint density at radius 1 is 1.17 bits per heavy atom. The lowest BCUT2D eigenvalue weighted by atomic mass is 10.2. The highest BCUT2D eigenvalue weighted by atomic mass is 32.1.